The van der Waals surface area contributed by atoms with Crippen LogP contribution in [0.4, 0.5) is 10.1 Å². The summed E-state index contributed by atoms with van der Waals surface area (Å²) in [7, 11) is 0. The Bertz CT molecular complexity index is 645. The average Bonchev–Trinajstić information content (AvgIpc) is 2.40. The summed E-state index contributed by atoms with van der Waals surface area (Å²) in [5.41, 5.74) is 3.26. The highest BCUT2D eigenvalue weighted by atomic mass is 19.1. The lowest BCUT2D eigenvalue weighted by Crippen LogP contribution is -2.21. The highest BCUT2D eigenvalue weighted by molar-refractivity contribution is 5.92. The lowest BCUT2D eigenvalue weighted by Gasteiger charge is -2.13. The number of aryl methyl sites for hydroxylation is 3. The quantitative estimate of drug-likeness (QED) is 0.929. The van der Waals surface area contributed by atoms with Crippen molar-refractivity contribution in [2.75, 3.05) is 11.9 Å². The maximum atomic E-state index is 13.4. The van der Waals surface area contributed by atoms with Crippen LogP contribution in [0.3, 0.4) is 0 Å². The summed E-state index contributed by atoms with van der Waals surface area (Å²) in [6.07, 6.45) is 0. The fourth-order valence-corrected chi connectivity index (χ4v) is 2.28. The summed E-state index contributed by atoms with van der Waals surface area (Å²) in [6.45, 7) is 5.72. The Hall–Kier alpha value is -2.36. The third-order valence-corrected chi connectivity index (χ3v) is 3.10. The minimum Gasteiger partial charge on any atom is -0.483 e. The van der Waals surface area contributed by atoms with Crippen LogP contribution in [0.2, 0.25) is 0 Å². The second kappa shape index (κ2) is 6.39. The Labute approximate surface area is 123 Å². The maximum absolute atomic E-state index is 13.4. The number of nitrogens with one attached hydrogen (secondary N) is 1. The molecule has 1 amide bonds. The molecule has 0 atom stereocenters. The molecule has 0 unspecified atom stereocenters. The maximum Gasteiger partial charge on any atom is 0.262 e. The molecule has 0 bridgehead atoms. The SMILES string of the molecule is Cc1cc(C)c(OCC(=O)Nc2ccccc2F)c(C)c1. The molecule has 110 valence electrons. The van der Waals surface area contributed by atoms with E-state index in [1.54, 1.807) is 12.1 Å². The molecule has 2 aromatic rings. The molecule has 0 heterocycles. The molecule has 3 nitrogen and oxygen atoms in total. The number of hydrogen-bond acceptors (Lipinski definition) is 2. The van der Waals surface area contributed by atoms with Gasteiger partial charge in [0.2, 0.25) is 0 Å². The lowest BCUT2D eigenvalue weighted by atomic mass is 10.1. The molecule has 21 heavy (non-hydrogen) atoms. The van der Waals surface area contributed by atoms with Gasteiger partial charge in [-0.05, 0) is 44.0 Å². The second-order valence-electron chi connectivity index (χ2n) is 5.04. The van der Waals surface area contributed by atoms with Gasteiger partial charge in [0.1, 0.15) is 11.6 Å². The van der Waals surface area contributed by atoms with Gasteiger partial charge in [0.05, 0.1) is 5.69 Å². The van der Waals surface area contributed by atoms with Gasteiger partial charge in [-0.2, -0.15) is 0 Å². The van der Waals surface area contributed by atoms with Crippen LogP contribution in [0.1, 0.15) is 16.7 Å². The topological polar surface area (TPSA) is 38.3 Å². The molecule has 0 aliphatic carbocycles. The standard InChI is InChI=1S/C17H18FNO2/c1-11-8-12(2)17(13(3)9-11)21-10-16(20)19-15-7-5-4-6-14(15)18/h4-9H,10H2,1-3H3,(H,19,20). The van der Waals surface area contributed by atoms with Crippen LogP contribution >= 0.6 is 0 Å². The Morgan fingerprint density at radius 3 is 2.38 bits per heavy atom. The van der Waals surface area contributed by atoms with Gasteiger partial charge in [-0.25, -0.2) is 4.39 Å². The number of amides is 1. The van der Waals surface area contributed by atoms with Crippen molar-refractivity contribution in [1.82, 2.24) is 0 Å². The minimum atomic E-state index is -0.464. The molecule has 0 spiro atoms. The molecule has 0 aromatic heterocycles. The molecule has 0 saturated heterocycles. The smallest absolute Gasteiger partial charge is 0.262 e. The van der Waals surface area contributed by atoms with Crippen LogP contribution in [0.25, 0.3) is 0 Å². The lowest BCUT2D eigenvalue weighted by molar-refractivity contribution is -0.118. The number of carbonyl (C=O) groups is 1. The van der Waals surface area contributed by atoms with Crippen molar-refractivity contribution in [2.24, 2.45) is 0 Å². The molecular formula is C17H18FNO2. The fourth-order valence-electron chi connectivity index (χ4n) is 2.28. The molecule has 2 aromatic carbocycles. The van der Waals surface area contributed by atoms with Gasteiger partial charge < -0.3 is 10.1 Å². The van der Waals surface area contributed by atoms with E-state index in [4.69, 9.17) is 4.74 Å². The van der Waals surface area contributed by atoms with Gasteiger partial charge in [0.15, 0.2) is 6.61 Å². The van der Waals surface area contributed by atoms with Gasteiger partial charge in [0.25, 0.3) is 5.91 Å². The van der Waals surface area contributed by atoms with Gasteiger partial charge in [0, 0.05) is 0 Å². The van der Waals surface area contributed by atoms with Crippen LogP contribution in [-0.4, -0.2) is 12.5 Å². The van der Waals surface area contributed by atoms with Crippen molar-refractivity contribution in [2.45, 2.75) is 20.8 Å². The largest absolute Gasteiger partial charge is 0.483 e. The first kappa shape index (κ1) is 15.0. The molecular weight excluding hydrogens is 269 g/mol. The van der Waals surface area contributed by atoms with Crippen LogP contribution in [0.5, 0.6) is 5.75 Å². The van der Waals surface area contributed by atoms with E-state index >= 15 is 0 Å². The zero-order valence-electron chi connectivity index (χ0n) is 12.4. The van der Waals surface area contributed by atoms with Crippen molar-refractivity contribution in [3.05, 3.63) is 58.9 Å². The highest BCUT2D eigenvalue weighted by Crippen LogP contribution is 2.24. The Morgan fingerprint density at radius 1 is 1.14 bits per heavy atom. The van der Waals surface area contributed by atoms with E-state index in [-0.39, 0.29) is 18.2 Å². The van der Waals surface area contributed by atoms with Crippen LogP contribution < -0.4 is 10.1 Å². The average molecular weight is 287 g/mol. The van der Waals surface area contributed by atoms with Crippen molar-refractivity contribution < 1.29 is 13.9 Å². The van der Waals surface area contributed by atoms with E-state index in [0.29, 0.717) is 5.75 Å². The number of halogens is 1. The van der Waals surface area contributed by atoms with Crippen molar-refractivity contribution in [3.63, 3.8) is 0 Å². The van der Waals surface area contributed by atoms with Gasteiger partial charge in [-0.3, -0.25) is 4.79 Å². The first-order chi connectivity index (χ1) is 9.97. The zero-order chi connectivity index (χ0) is 15.4. The van der Waals surface area contributed by atoms with E-state index in [2.05, 4.69) is 5.32 Å². The summed E-state index contributed by atoms with van der Waals surface area (Å²) in [5, 5.41) is 2.49. The molecule has 0 aliphatic heterocycles. The third kappa shape index (κ3) is 3.81. The van der Waals surface area contributed by atoms with Gasteiger partial charge in [-0.15, -0.1) is 0 Å². The van der Waals surface area contributed by atoms with Crippen molar-refractivity contribution in [1.29, 1.82) is 0 Å². The Morgan fingerprint density at radius 2 is 1.76 bits per heavy atom. The number of hydrogen-bond donors (Lipinski definition) is 1. The van der Waals surface area contributed by atoms with E-state index in [1.165, 1.54) is 12.1 Å². The summed E-state index contributed by atoms with van der Waals surface area (Å²) < 4.78 is 19.0. The summed E-state index contributed by atoms with van der Waals surface area (Å²) in [4.78, 5) is 11.8. The van der Waals surface area contributed by atoms with E-state index in [1.807, 2.05) is 32.9 Å². The van der Waals surface area contributed by atoms with E-state index < -0.39 is 5.82 Å². The Kier molecular flexibility index (Phi) is 4.58. The molecule has 0 fully saturated rings. The minimum absolute atomic E-state index is 0.154. The first-order valence-corrected chi connectivity index (χ1v) is 6.72. The van der Waals surface area contributed by atoms with Gasteiger partial charge in [-0.1, -0.05) is 29.8 Å². The third-order valence-electron chi connectivity index (χ3n) is 3.10. The molecule has 1 N–H and O–H groups in total. The summed E-state index contributed by atoms with van der Waals surface area (Å²) >= 11 is 0. The van der Waals surface area contributed by atoms with Gasteiger partial charge >= 0.3 is 0 Å². The molecule has 2 rings (SSSR count). The Balaban J connectivity index is 2.01. The monoisotopic (exact) mass is 287 g/mol. The predicted molar refractivity (Wildman–Crippen MR) is 81.2 cm³/mol. The number of rotatable bonds is 4. The zero-order valence-corrected chi connectivity index (χ0v) is 12.4. The predicted octanol–water partition coefficient (Wildman–Crippen LogP) is 3.77. The molecule has 0 radical (unpaired) electrons. The number of anilines is 1. The van der Waals surface area contributed by atoms with E-state index in [0.717, 1.165) is 16.7 Å². The summed E-state index contributed by atoms with van der Waals surface area (Å²) in [6, 6.07) is 10.0. The van der Waals surface area contributed by atoms with Crippen LogP contribution in [0, 0.1) is 26.6 Å². The molecule has 0 aliphatic rings. The highest BCUT2D eigenvalue weighted by Gasteiger charge is 2.10. The normalized spacial score (nSPS) is 10.3. The number of para-hydroxylation sites is 1. The number of ether oxygens (including phenoxy) is 1. The van der Waals surface area contributed by atoms with Crippen molar-refractivity contribution in [3.8, 4) is 5.75 Å². The first-order valence-electron chi connectivity index (χ1n) is 6.72. The van der Waals surface area contributed by atoms with Crippen LogP contribution in [0.15, 0.2) is 36.4 Å². The summed E-state index contributed by atoms with van der Waals surface area (Å²) in [5.74, 6) is -0.155. The molecule has 4 heteroatoms. The van der Waals surface area contributed by atoms with Crippen molar-refractivity contribution >= 4 is 11.6 Å². The fraction of sp³-hybridized carbons (Fsp3) is 0.235. The van der Waals surface area contributed by atoms with E-state index in [9.17, 15) is 9.18 Å². The molecule has 0 saturated carbocycles. The second-order valence-corrected chi connectivity index (χ2v) is 5.04. The number of carbonyl (C=O) groups excluding carboxylic acids is 1. The van der Waals surface area contributed by atoms with Crippen LogP contribution in [-0.2, 0) is 4.79 Å². The number of benzene rings is 2.